The first-order valence-electron chi connectivity index (χ1n) is 5.93. The molecular weight excluding hydrogens is 266 g/mol. The summed E-state index contributed by atoms with van der Waals surface area (Å²) in [5, 5.41) is 6.39. The van der Waals surface area contributed by atoms with E-state index in [4.69, 9.17) is 10.5 Å². The first-order valence-corrected chi connectivity index (χ1v) is 7.58. The topological polar surface area (TPSA) is 60.2 Å². The molecule has 0 amide bonds. The van der Waals surface area contributed by atoms with Crippen molar-refractivity contribution in [3.63, 3.8) is 0 Å². The van der Waals surface area contributed by atoms with Gasteiger partial charge in [0.25, 0.3) is 0 Å². The lowest BCUT2D eigenvalue weighted by molar-refractivity contribution is 0.344. The maximum atomic E-state index is 5.77. The number of nitrogens with two attached hydrogens (primary N) is 1. The molecule has 2 aromatic rings. The summed E-state index contributed by atoms with van der Waals surface area (Å²) in [6.45, 7) is 5.50. The van der Waals surface area contributed by atoms with Crippen LogP contribution in [0.4, 0.5) is 10.8 Å². The number of nitrogens with zero attached hydrogens (tertiary/aromatic N) is 1. The lowest BCUT2D eigenvalue weighted by Crippen LogP contribution is -2.01. The molecule has 0 aliphatic heterocycles. The molecule has 4 nitrogen and oxygen atoms in total. The number of aryl methyl sites for hydroxylation is 1. The highest BCUT2D eigenvalue weighted by Crippen LogP contribution is 2.35. The third-order valence-electron chi connectivity index (χ3n) is 2.59. The second-order valence-electron chi connectivity index (χ2n) is 3.74. The van der Waals surface area contributed by atoms with E-state index in [1.54, 1.807) is 11.3 Å². The van der Waals surface area contributed by atoms with Gasteiger partial charge in [0.2, 0.25) is 0 Å². The van der Waals surface area contributed by atoms with E-state index in [0.29, 0.717) is 18.2 Å². The average molecular weight is 283 g/mol. The second kappa shape index (κ2) is 6.06. The lowest BCUT2D eigenvalue weighted by Gasteiger charge is -2.07. The number of ether oxygens (including phenoxy) is 1. The van der Waals surface area contributed by atoms with Crippen molar-refractivity contribution in [3.05, 3.63) is 21.9 Å². The molecule has 0 unspecified atom stereocenters. The quantitative estimate of drug-likeness (QED) is 0.853. The number of aromatic nitrogens is 1. The van der Waals surface area contributed by atoms with Gasteiger partial charge in [-0.25, -0.2) is 0 Å². The molecule has 0 aliphatic carbocycles. The normalized spacial score (nSPS) is 10.6. The van der Waals surface area contributed by atoms with Gasteiger partial charge in [-0.1, -0.05) is 6.92 Å². The van der Waals surface area contributed by atoms with Crippen LogP contribution in [0.5, 0.6) is 5.75 Å². The molecule has 0 saturated heterocycles. The van der Waals surface area contributed by atoms with Crippen LogP contribution in [-0.4, -0.2) is 11.0 Å². The van der Waals surface area contributed by atoms with Gasteiger partial charge >= 0.3 is 0 Å². The molecule has 98 valence electrons. The third-order valence-corrected chi connectivity index (χ3v) is 4.35. The maximum absolute atomic E-state index is 5.77. The number of nitrogens with one attached hydrogen (secondary N) is 1. The number of hydrogen-bond donors (Lipinski definition) is 2. The lowest BCUT2D eigenvalue weighted by atomic mass is 10.2. The summed E-state index contributed by atoms with van der Waals surface area (Å²) in [7, 11) is 0. The van der Waals surface area contributed by atoms with Gasteiger partial charge in [-0.2, -0.15) is 4.37 Å². The summed E-state index contributed by atoms with van der Waals surface area (Å²) >= 11 is 3.11. The zero-order valence-electron chi connectivity index (χ0n) is 10.5. The Labute approximate surface area is 115 Å². The minimum atomic E-state index is 0.464. The summed E-state index contributed by atoms with van der Waals surface area (Å²) in [4.78, 5) is 1.35. The predicted molar refractivity (Wildman–Crippen MR) is 78.7 cm³/mol. The third kappa shape index (κ3) is 2.76. The van der Waals surface area contributed by atoms with Crippen LogP contribution in [0, 0.1) is 0 Å². The molecule has 0 aromatic carbocycles. The van der Waals surface area contributed by atoms with E-state index in [1.807, 2.05) is 6.92 Å². The number of thiophene rings is 1. The van der Waals surface area contributed by atoms with E-state index in [1.165, 1.54) is 22.0 Å². The minimum Gasteiger partial charge on any atom is -0.487 e. The molecule has 3 N–H and O–H groups in total. The van der Waals surface area contributed by atoms with Crippen LogP contribution in [-0.2, 0) is 13.0 Å². The van der Waals surface area contributed by atoms with Gasteiger partial charge in [0.1, 0.15) is 0 Å². The number of anilines is 2. The van der Waals surface area contributed by atoms with Crippen molar-refractivity contribution >= 4 is 33.7 Å². The Balaban J connectivity index is 2.06. The molecule has 2 aromatic heterocycles. The fourth-order valence-corrected chi connectivity index (χ4v) is 3.26. The smallest absolute Gasteiger partial charge is 0.197 e. The van der Waals surface area contributed by atoms with Gasteiger partial charge in [0.05, 0.1) is 13.2 Å². The molecule has 0 radical (unpaired) electrons. The van der Waals surface area contributed by atoms with Crippen LogP contribution in [0.1, 0.15) is 24.3 Å². The Kier molecular flexibility index (Phi) is 4.43. The molecule has 18 heavy (non-hydrogen) atoms. The van der Waals surface area contributed by atoms with Crippen LogP contribution < -0.4 is 15.8 Å². The molecule has 0 fully saturated rings. The van der Waals surface area contributed by atoms with Gasteiger partial charge < -0.3 is 15.8 Å². The summed E-state index contributed by atoms with van der Waals surface area (Å²) in [5.74, 6) is 1.14. The molecule has 0 aliphatic rings. The van der Waals surface area contributed by atoms with Crippen LogP contribution >= 0.6 is 22.9 Å². The summed E-state index contributed by atoms with van der Waals surface area (Å²) in [6, 6.07) is 2.17. The van der Waals surface area contributed by atoms with Gasteiger partial charge in [0.15, 0.2) is 16.6 Å². The maximum Gasteiger partial charge on any atom is 0.197 e. The van der Waals surface area contributed by atoms with Crippen molar-refractivity contribution in [2.75, 3.05) is 17.7 Å². The molecule has 2 rings (SSSR count). The van der Waals surface area contributed by atoms with E-state index in [0.717, 1.165) is 18.0 Å². The Morgan fingerprint density at radius 1 is 1.44 bits per heavy atom. The van der Waals surface area contributed by atoms with Crippen molar-refractivity contribution in [1.82, 2.24) is 4.37 Å². The van der Waals surface area contributed by atoms with Crippen LogP contribution in [0.15, 0.2) is 11.4 Å². The zero-order valence-corrected chi connectivity index (χ0v) is 12.2. The Morgan fingerprint density at radius 3 is 3.00 bits per heavy atom. The van der Waals surface area contributed by atoms with Gasteiger partial charge in [-0.15, -0.1) is 11.3 Å². The second-order valence-corrected chi connectivity index (χ2v) is 5.51. The van der Waals surface area contributed by atoms with Crippen LogP contribution in [0.2, 0.25) is 0 Å². The fourth-order valence-electron chi connectivity index (χ4n) is 1.69. The standard InChI is InChI=1S/C12H17N3OS2/c1-3-8-5-6-17-9(8)7-14-12-10(16-4-2)11(13)15-18-12/h5-6,14H,3-4,7H2,1-2H3,(H2,13,15). The van der Waals surface area contributed by atoms with E-state index in [2.05, 4.69) is 28.1 Å². The molecule has 0 bridgehead atoms. The first-order chi connectivity index (χ1) is 8.76. The molecule has 6 heteroatoms. The summed E-state index contributed by atoms with van der Waals surface area (Å²) in [5.41, 5.74) is 7.16. The van der Waals surface area contributed by atoms with Crippen molar-refractivity contribution in [3.8, 4) is 5.75 Å². The highest BCUT2D eigenvalue weighted by atomic mass is 32.1. The van der Waals surface area contributed by atoms with E-state index in [9.17, 15) is 0 Å². The highest BCUT2D eigenvalue weighted by Gasteiger charge is 2.13. The minimum absolute atomic E-state index is 0.464. The van der Waals surface area contributed by atoms with Crippen molar-refractivity contribution in [2.24, 2.45) is 0 Å². The molecule has 0 spiro atoms. The van der Waals surface area contributed by atoms with E-state index in [-0.39, 0.29) is 0 Å². The highest BCUT2D eigenvalue weighted by molar-refractivity contribution is 7.11. The monoisotopic (exact) mass is 283 g/mol. The van der Waals surface area contributed by atoms with Gasteiger partial charge in [-0.3, -0.25) is 0 Å². The largest absolute Gasteiger partial charge is 0.487 e. The fraction of sp³-hybridized carbons (Fsp3) is 0.417. The zero-order chi connectivity index (χ0) is 13.0. The Morgan fingerprint density at radius 2 is 2.28 bits per heavy atom. The van der Waals surface area contributed by atoms with E-state index >= 15 is 0 Å². The molecule has 0 atom stereocenters. The van der Waals surface area contributed by atoms with Crippen LogP contribution in [0.3, 0.4) is 0 Å². The SMILES string of the molecule is CCOc1c(N)nsc1NCc1sccc1CC. The molecule has 2 heterocycles. The summed E-state index contributed by atoms with van der Waals surface area (Å²) < 4.78 is 9.61. The first kappa shape index (κ1) is 13.2. The predicted octanol–water partition coefficient (Wildman–Crippen LogP) is 3.36. The van der Waals surface area contributed by atoms with E-state index < -0.39 is 0 Å². The summed E-state index contributed by atoms with van der Waals surface area (Å²) in [6.07, 6.45) is 1.06. The van der Waals surface area contributed by atoms with Crippen molar-refractivity contribution < 1.29 is 4.74 Å². The molecular formula is C12H17N3OS2. The van der Waals surface area contributed by atoms with Gasteiger partial charge in [0, 0.05) is 4.88 Å². The van der Waals surface area contributed by atoms with Crippen molar-refractivity contribution in [2.45, 2.75) is 26.8 Å². The number of hydrogen-bond acceptors (Lipinski definition) is 6. The average Bonchev–Trinajstić information content (AvgIpc) is 2.96. The number of rotatable bonds is 6. The van der Waals surface area contributed by atoms with Crippen molar-refractivity contribution in [1.29, 1.82) is 0 Å². The number of nitrogen functional groups attached to an aromatic ring is 1. The Bertz CT molecular complexity index is 507. The Hall–Kier alpha value is -1.27. The molecule has 0 saturated carbocycles. The van der Waals surface area contributed by atoms with Gasteiger partial charge in [-0.05, 0) is 41.9 Å². The van der Waals surface area contributed by atoms with Crippen LogP contribution in [0.25, 0.3) is 0 Å².